The summed E-state index contributed by atoms with van der Waals surface area (Å²) in [6.45, 7) is -0.256. The van der Waals surface area contributed by atoms with Crippen LogP contribution in [0.4, 0.5) is 13.2 Å². The Morgan fingerprint density at radius 2 is 2.06 bits per heavy atom. The van der Waals surface area contributed by atoms with Gasteiger partial charge in [-0.05, 0) is 12.1 Å². The molecule has 1 aromatic carbocycles. The highest BCUT2D eigenvalue weighted by Crippen LogP contribution is 2.33. The minimum atomic E-state index is -4.56. The fourth-order valence-electron chi connectivity index (χ4n) is 1.65. The van der Waals surface area contributed by atoms with Crippen LogP contribution in [-0.2, 0) is 12.7 Å². The van der Waals surface area contributed by atoms with Crippen LogP contribution in [0.25, 0.3) is 5.69 Å². The second-order valence-electron chi connectivity index (χ2n) is 3.65. The van der Waals surface area contributed by atoms with Crippen molar-refractivity contribution in [3.05, 3.63) is 41.7 Å². The maximum absolute atomic E-state index is 12.9. The number of aromatic nitrogens is 2. The van der Waals surface area contributed by atoms with Crippen molar-refractivity contribution in [2.75, 3.05) is 0 Å². The Labute approximate surface area is 100 Å². The molecule has 0 spiro atoms. The molecule has 3 N–H and O–H groups in total. The lowest BCUT2D eigenvalue weighted by Gasteiger charge is -2.12. The summed E-state index contributed by atoms with van der Waals surface area (Å²) in [4.78, 5) is 0. The molecule has 1 aromatic heterocycles. The van der Waals surface area contributed by atoms with Crippen LogP contribution in [0.15, 0.2) is 30.5 Å². The predicted molar refractivity (Wildman–Crippen MR) is 58.1 cm³/mol. The largest absolute Gasteiger partial charge is 0.508 e. The SMILES string of the molecule is NCc1cnn(-c2cccc(O)c2)c1C(F)(F)F. The number of halogens is 3. The predicted octanol–water partition coefficient (Wildman–Crippen LogP) is 2.06. The van der Waals surface area contributed by atoms with E-state index in [9.17, 15) is 18.3 Å². The van der Waals surface area contributed by atoms with Crippen molar-refractivity contribution in [3.63, 3.8) is 0 Å². The molecule has 4 nitrogen and oxygen atoms in total. The number of hydrogen-bond donors (Lipinski definition) is 2. The van der Waals surface area contributed by atoms with Gasteiger partial charge in [0, 0.05) is 18.2 Å². The number of rotatable bonds is 2. The van der Waals surface area contributed by atoms with Crippen LogP contribution >= 0.6 is 0 Å². The van der Waals surface area contributed by atoms with Crippen LogP contribution in [0.1, 0.15) is 11.3 Å². The number of nitrogens with two attached hydrogens (primary N) is 1. The van der Waals surface area contributed by atoms with Gasteiger partial charge in [-0.25, -0.2) is 4.68 Å². The van der Waals surface area contributed by atoms with Gasteiger partial charge >= 0.3 is 6.18 Å². The number of alkyl halides is 3. The summed E-state index contributed by atoms with van der Waals surface area (Å²) in [5.74, 6) is -0.134. The number of phenols is 1. The normalized spacial score (nSPS) is 11.8. The summed E-state index contributed by atoms with van der Waals surface area (Å²) >= 11 is 0. The van der Waals surface area contributed by atoms with E-state index in [0.717, 1.165) is 10.9 Å². The Hall–Kier alpha value is -2.02. The number of benzene rings is 1. The third-order valence-corrected chi connectivity index (χ3v) is 2.41. The summed E-state index contributed by atoms with van der Waals surface area (Å²) in [5, 5.41) is 13.0. The first-order valence-electron chi connectivity index (χ1n) is 5.07. The van der Waals surface area contributed by atoms with Crippen molar-refractivity contribution in [2.45, 2.75) is 12.7 Å². The lowest BCUT2D eigenvalue weighted by Crippen LogP contribution is -2.16. The van der Waals surface area contributed by atoms with E-state index in [2.05, 4.69) is 5.10 Å². The van der Waals surface area contributed by atoms with Crippen molar-refractivity contribution in [3.8, 4) is 11.4 Å². The second-order valence-corrected chi connectivity index (χ2v) is 3.65. The van der Waals surface area contributed by atoms with Crippen LogP contribution < -0.4 is 5.73 Å². The highest BCUT2D eigenvalue weighted by molar-refractivity contribution is 5.41. The average molecular weight is 257 g/mol. The molecule has 2 aromatic rings. The number of nitrogens with zero attached hydrogens (tertiary/aromatic N) is 2. The van der Waals surface area contributed by atoms with E-state index in [1.54, 1.807) is 0 Å². The average Bonchev–Trinajstić information content (AvgIpc) is 2.72. The minimum Gasteiger partial charge on any atom is -0.508 e. The second kappa shape index (κ2) is 4.34. The standard InChI is InChI=1S/C11H10F3N3O/c12-11(13,14)10-7(5-15)6-16-17(10)8-2-1-3-9(18)4-8/h1-4,6,18H,5,15H2. The minimum absolute atomic E-state index is 0.0918. The highest BCUT2D eigenvalue weighted by Gasteiger charge is 2.38. The summed E-state index contributed by atoms with van der Waals surface area (Å²) in [5.41, 5.74) is 4.38. The molecule has 2 rings (SSSR count). The summed E-state index contributed by atoms with van der Waals surface area (Å²) in [7, 11) is 0. The van der Waals surface area contributed by atoms with Gasteiger partial charge in [0.2, 0.25) is 0 Å². The van der Waals surface area contributed by atoms with Gasteiger partial charge in [0.25, 0.3) is 0 Å². The maximum atomic E-state index is 12.9. The van der Waals surface area contributed by atoms with Gasteiger partial charge < -0.3 is 10.8 Å². The van der Waals surface area contributed by atoms with E-state index in [1.165, 1.54) is 24.3 Å². The smallest absolute Gasteiger partial charge is 0.433 e. The molecule has 0 atom stereocenters. The zero-order valence-corrected chi connectivity index (χ0v) is 9.15. The summed E-state index contributed by atoms with van der Waals surface area (Å²) in [6, 6.07) is 5.42. The lowest BCUT2D eigenvalue weighted by molar-refractivity contribution is -0.143. The van der Waals surface area contributed by atoms with Crippen LogP contribution in [0.3, 0.4) is 0 Å². The van der Waals surface area contributed by atoms with E-state index in [-0.39, 0.29) is 23.5 Å². The molecule has 1 heterocycles. The first-order chi connectivity index (χ1) is 8.43. The van der Waals surface area contributed by atoms with Crippen LogP contribution in [0.2, 0.25) is 0 Å². The first kappa shape index (κ1) is 12.4. The van der Waals surface area contributed by atoms with E-state index in [0.29, 0.717) is 0 Å². The monoisotopic (exact) mass is 257 g/mol. The van der Waals surface area contributed by atoms with Gasteiger partial charge in [-0.3, -0.25) is 0 Å². The molecule has 0 saturated heterocycles. The molecule has 0 bridgehead atoms. The number of hydrogen-bond acceptors (Lipinski definition) is 3. The molecule has 7 heteroatoms. The van der Waals surface area contributed by atoms with Crippen molar-refractivity contribution in [2.24, 2.45) is 5.73 Å². The Balaban J connectivity index is 2.62. The highest BCUT2D eigenvalue weighted by atomic mass is 19.4. The third kappa shape index (κ3) is 2.17. The molecule has 18 heavy (non-hydrogen) atoms. The molecule has 96 valence electrons. The molecule has 0 aliphatic rings. The van der Waals surface area contributed by atoms with E-state index in [1.807, 2.05) is 0 Å². The lowest BCUT2D eigenvalue weighted by atomic mass is 10.2. The molecule has 0 radical (unpaired) electrons. The Kier molecular flexibility index (Phi) is 3.00. The van der Waals surface area contributed by atoms with Crippen molar-refractivity contribution < 1.29 is 18.3 Å². The maximum Gasteiger partial charge on any atom is 0.433 e. The molecule has 0 unspecified atom stereocenters. The first-order valence-corrected chi connectivity index (χ1v) is 5.07. The zero-order valence-electron chi connectivity index (χ0n) is 9.15. The molecule has 0 aliphatic carbocycles. The van der Waals surface area contributed by atoms with Crippen LogP contribution in [0, 0.1) is 0 Å². The molecular weight excluding hydrogens is 247 g/mol. The Morgan fingerprint density at radius 1 is 1.33 bits per heavy atom. The van der Waals surface area contributed by atoms with Gasteiger partial charge in [0.05, 0.1) is 11.9 Å². The fourth-order valence-corrected chi connectivity index (χ4v) is 1.65. The van der Waals surface area contributed by atoms with Crippen molar-refractivity contribution in [1.82, 2.24) is 9.78 Å². The van der Waals surface area contributed by atoms with Crippen LogP contribution in [0.5, 0.6) is 5.75 Å². The van der Waals surface area contributed by atoms with E-state index >= 15 is 0 Å². The molecule has 0 amide bonds. The van der Waals surface area contributed by atoms with E-state index in [4.69, 9.17) is 5.73 Å². The van der Waals surface area contributed by atoms with E-state index < -0.39 is 11.9 Å². The topological polar surface area (TPSA) is 64.1 Å². The fraction of sp³-hybridized carbons (Fsp3) is 0.182. The molecule has 0 saturated carbocycles. The zero-order chi connectivity index (χ0) is 13.3. The molecule has 0 aliphatic heterocycles. The van der Waals surface area contributed by atoms with Gasteiger partial charge in [0.1, 0.15) is 5.75 Å². The van der Waals surface area contributed by atoms with Gasteiger partial charge in [-0.1, -0.05) is 6.07 Å². The van der Waals surface area contributed by atoms with Gasteiger partial charge in [0.15, 0.2) is 5.69 Å². The molecule has 0 fully saturated rings. The Morgan fingerprint density at radius 3 is 2.61 bits per heavy atom. The summed E-state index contributed by atoms with van der Waals surface area (Å²) in [6.07, 6.45) is -3.48. The number of phenolic OH excluding ortho intramolecular Hbond substituents is 1. The molecular formula is C11H10F3N3O. The number of aromatic hydroxyl groups is 1. The van der Waals surface area contributed by atoms with Crippen LogP contribution in [-0.4, -0.2) is 14.9 Å². The van der Waals surface area contributed by atoms with Gasteiger partial charge in [-0.15, -0.1) is 0 Å². The van der Waals surface area contributed by atoms with Crippen molar-refractivity contribution in [1.29, 1.82) is 0 Å². The summed E-state index contributed by atoms with van der Waals surface area (Å²) < 4.78 is 39.5. The van der Waals surface area contributed by atoms with Gasteiger partial charge in [-0.2, -0.15) is 18.3 Å². The quantitative estimate of drug-likeness (QED) is 0.865. The van der Waals surface area contributed by atoms with Crippen molar-refractivity contribution >= 4 is 0 Å². The third-order valence-electron chi connectivity index (χ3n) is 2.41. The Bertz CT molecular complexity index is 563.